The van der Waals surface area contributed by atoms with Crippen molar-refractivity contribution in [2.75, 3.05) is 19.7 Å². The Balaban J connectivity index is 1.97. The monoisotopic (exact) mass is 298 g/mol. The third-order valence-electron chi connectivity index (χ3n) is 2.66. The van der Waals surface area contributed by atoms with E-state index < -0.39 is 24.5 Å². The first-order valence-electron chi connectivity index (χ1n) is 5.73. The first-order valence-corrected chi connectivity index (χ1v) is 6.10. The van der Waals surface area contributed by atoms with Crippen LogP contribution < -0.4 is 5.32 Å². The summed E-state index contributed by atoms with van der Waals surface area (Å²) in [6.07, 6.45) is 0. The summed E-state index contributed by atoms with van der Waals surface area (Å²) in [6, 6.07) is 3.37. The normalized spacial score (nSPS) is 14.1. The molecule has 1 saturated heterocycles. The van der Waals surface area contributed by atoms with Crippen LogP contribution in [0.2, 0.25) is 5.02 Å². The summed E-state index contributed by atoms with van der Waals surface area (Å²) in [5, 5.41) is 12.2. The Morgan fingerprint density at radius 1 is 1.45 bits per heavy atom. The van der Waals surface area contributed by atoms with Crippen molar-refractivity contribution in [3.05, 3.63) is 28.8 Å². The van der Waals surface area contributed by atoms with Crippen LogP contribution in [-0.2, 0) is 9.53 Å². The summed E-state index contributed by atoms with van der Waals surface area (Å²) in [5.41, 5.74) is -0.142. The number of ether oxygens (including phenoxy) is 1. The molecule has 0 aliphatic carbocycles. The zero-order chi connectivity index (χ0) is 14.7. The fourth-order valence-corrected chi connectivity index (χ4v) is 1.84. The number of hydrogen-bond acceptors (Lipinski definition) is 5. The number of nitrogens with one attached hydrogen (secondary N) is 1. The van der Waals surface area contributed by atoms with Gasteiger partial charge >= 0.3 is 12.0 Å². The lowest BCUT2D eigenvalue weighted by atomic mass is 10.2. The van der Waals surface area contributed by atoms with Gasteiger partial charge in [0.25, 0.3) is 5.91 Å². The maximum absolute atomic E-state index is 11.7. The molecular formula is C12H11ClN2O5. The lowest BCUT2D eigenvalue weighted by molar-refractivity contribution is -0.130. The maximum Gasteiger partial charge on any atom is 0.342 e. The van der Waals surface area contributed by atoms with E-state index in [-0.39, 0.29) is 22.9 Å². The van der Waals surface area contributed by atoms with Crippen LogP contribution in [0.1, 0.15) is 10.4 Å². The minimum Gasteiger partial charge on any atom is -0.507 e. The molecule has 0 spiro atoms. The second-order valence-electron chi connectivity index (χ2n) is 4.01. The van der Waals surface area contributed by atoms with Gasteiger partial charge in [-0.1, -0.05) is 11.6 Å². The Bertz CT molecular complexity index is 575. The van der Waals surface area contributed by atoms with Gasteiger partial charge in [-0.3, -0.25) is 9.69 Å². The lowest BCUT2D eigenvalue weighted by Crippen LogP contribution is -2.37. The molecule has 1 aromatic carbocycles. The highest BCUT2D eigenvalue weighted by atomic mass is 35.5. The van der Waals surface area contributed by atoms with E-state index in [2.05, 4.69) is 5.32 Å². The number of halogens is 1. The fourth-order valence-electron chi connectivity index (χ4n) is 1.66. The predicted octanol–water partition coefficient (Wildman–Crippen LogP) is 0.754. The Morgan fingerprint density at radius 2 is 2.20 bits per heavy atom. The number of hydrogen-bond donors (Lipinski definition) is 2. The van der Waals surface area contributed by atoms with Crippen LogP contribution >= 0.6 is 11.6 Å². The van der Waals surface area contributed by atoms with Gasteiger partial charge in [0.1, 0.15) is 11.3 Å². The number of carbonyl (C=O) groups excluding carboxylic acids is 3. The molecule has 1 aromatic rings. The summed E-state index contributed by atoms with van der Waals surface area (Å²) >= 11 is 5.70. The number of esters is 1. The van der Waals surface area contributed by atoms with E-state index in [1.807, 2.05) is 0 Å². The molecule has 0 unspecified atom stereocenters. The molecule has 0 bridgehead atoms. The molecular weight excluding hydrogens is 288 g/mol. The minimum atomic E-state index is -0.891. The van der Waals surface area contributed by atoms with Crippen LogP contribution in [0.5, 0.6) is 5.75 Å². The molecule has 2 rings (SSSR count). The summed E-state index contributed by atoms with van der Waals surface area (Å²) in [6.45, 7) is 0.0173. The molecule has 1 aliphatic rings. The number of phenols is 1. The zero-order valence-electron chi connectivity index (χ0n) is 10.3. The van der Waals surface area contributed by atoms with Crippen molar-refractivity contribution < 1.29 is 24.2 Å². The number of carbonyl (C=O) groups is 3. The SMILES string of the molecule is O=C(OCC(=O)N1CCNC1=O)c1cc(Cl)ccc1O. The largest absolute Gasteiger partial charge is 0.507 e. The third-order valence-corrected chi connectivity index (χ3v) is 2.90. The average molecular weight is 299 g/mol. The number of rotatable bonds is 3. The molecule has 1 aliphatic heterocycles. The number of aromatic hydroxyl groups is 1. The number of nitrogens with zero attached hydrogens (tertiary/aromatic N) is 1. The quantitative estimate of drug-likeness (QED) is 0.803. The molecule has 7 nitrogen and oxygen atoms in total. The summed E-state index contributed by atoms with van der Waals surface area (Å²) in [4.78, 5) is 35.5. The topological polar surface area (TPSA) is 95.9 Å². The van der Waals surface area contributed by atoms with E-state index in [9.17, 15) is 19.5 Å². The van der Waals surface area contributed by atoms with E-state index in [4.69, 9.17) is 16.3 Å². The van der Waals surface area contributed by atoms with Crippen molar-refractivity contribution in [2.45, 2.75) is 0 Å². The van der Waals surface area contributed by atoms with E-state index in [1.165, 1.54) is 18.2 Å². The molecule has 2 N–H and O–H groups in total. The second-order valence-corrected chi connectivity index (χ2v) is 4.45. The highest BCUT2D eigenvalue weighted by Gasteiger charge is 2.27. The standard InChI is InChI=1S/C12H11ClN2O5/c13-7-1-2-9(16)8(5-7)11(18)20-6-10(17)15-4-3-14-12(15)19/h1-2,5,16H,3-4,6H2,(H,14,19). The third kappa shape index (κ3) is 3.00. The number of benzene rings is 1. The molecule has 106 valence electrons. The second kappa shape index (κ2) is 5.79. The Labute approximate surface area is 119 Å². The molecule has 0 radical (unpaired) electrons. The van der Waals surface area contributed by atoms with Gasteiger partial charge in [0.2, 0.25) is 0 Å². The van der Waals surface area contributed by atoms with Crippen LogP contribution in [0.4, 0.5) is 4.79 Å². The van der Waals surface area contributed by atoms with Gasteiger partial charge in [0.15, 0.2) is 6.61 Å². The summed E-state index contributed by atoms with van der Waals surface area (Å²) < 4.78 is 4.76. The van der Waals surface area contributed by atoms with Crippen molar-refractivity contribution in [2.24, 2.45) is 0 Å². The molecule has 1 heterocycles. The molecule has 0 atom stereocenters. The van der Waals surface area contributed by atoms with Gasteiger partial charge in [0.05, 0.1) is 0 Å². The maximum atomic E-state index is 11.7. The van der Waals surface area contributed by atoms with E-state index in [1.54, 1.807) is 0 Å². The Hall–Kier alpha value is -2.28. The number of amides is 3. The summed E-state index contributed by atoms with van der Waals surface area (Å²) in [7, 11) is 0. The van der Waals surface area contributed by atoms with Crippen LogP contribution in [0.25, 0.3) is 0 Å². The fraction of sp³-hybridized carbons (Fsp3) is 0.250. The molecule has 0 aromatic heterocycles. The Morgan fingerprint density at radius 3 is 2.85 bits per heavy atom. The van der Waals surface area contributed by atoms with E-state index in [0.29, 0.717) is 6.54 Å². The van der Waals surface area contributed by atoms with Crippen LogP contribution in [0.3, 0.4) is 0 Å². The zero-order valence-corrected chi connectivity index (χ0v) is 11.0. The summed E-state index contributed by atoms with van der Waals surface area (Å²) in [5.74, 6) is -1.82. The van der Waals surface area contributed by atoms with Gasteiger partial charge < -0.3 is 15.2 Å². The number of imide groups is 1. The van der Waals surface area contributed by atoms with Crippen molar-refractivity contribution in [3.63, 3.8) is 0 Å². The van der Waals surface area contributed by atoms with Gasteiger partial charge in [-0.05, 0) is 18.2 Å². The predicted molar refractivity (Wildman–Crippen MR) is 68.5 cm³/mol. The van der Waals surface area contributed by atoms with Crippen molar-refractivity contribution >= 4 is 29.5 Å². The first kappa shape index (κ1) is 14.1. The van der Waals surface area contributed by atoms with E-state index >= 15 is 0 Å². The van der Waals surface area contributed by atoms with Crippen molar-refractivity contribution in [3.8, 4) is 5.75 Å². The minimum absolute atomic E-state index is 0.142. The van der Waals surface area contributed by atoms with Gasteiger partial charge in [-0.2, -0.15) is 0 Å². The van der Waals surface area contributed by atoms with Crippen molar-refractivity contribution in [1.29, 1.82) is 0 Å². The highest BCUT2D eigenvalue weighted by molar-refractivity contribution is 6.31. The number of phenolic OH excluding ortho intramolecular Hbond substituents is 1. The average Bonchev–Trinajstić information content (AvgIpc) is 2.84. The lowest BCUT2D eigenvalue weighted by Gasteiger charge is -2.12. The molecule has 1 fully saturated rings. The van der Waals surface area contributed by atoms with Gasteiger partial charge in [-0.25, -0.2) is 9.59 Å². The highest BCUT2D eigenvalue weighted by Crippen LogP contribution is 2.22. The van der Waals surface area contributed by atoms with Crippen molar-refractivity contribution in [1.82, 2.24) is 10.2 Å². The first-order chi connectivity index (χ1) is 9.49. The van der Waals surface area contributed by atoms with Crippen LogP contribution in [-0.4, -0.2) is 47.6 Å². The van der Waals surface area contributed by atoms with E-state index in [0.717, 1.165) is 4.90 Å². The molecule has 20 heavy (non-hydrogen) atoms. The smallest absolute Gasteiger partial charge is 0.342 e. The molecule has 8 heteroatoms. The van der Waals surface area contributed by atoms with Crippen LogP contribution in [0, 0.1) is 0 Å². The molecule has 3 amide bonds. The Kier molecular flexibility index (Phi) is 4.09. The van der Waals surface area contributed by atoms with Gasteiger partial charge in [-0.15, -0.1) is 0 Å². The van der Waals surface area contributed by atoms with Crippen LogP contribution in [0.15, 0.2) is 18.2 Å². The molecule has 0 saturated carbocycles. The number of urea groups is 1. The van der Waals surface area contributed by atoms with Gasteiger partial charge in [0, 0.05) is 18.1 Å².